The van der Waals surface area contributed by atoms with E-state index < -0.39 is 12.2 Å². The van der Waals surface area contributed by atoms with Crippen LogP contribution >= 0.6 is 0 Å². The van der Waals surface area contributed by atoms with Gasteiger partial charge in [0.2, 0.25) is 0 Å². The van der Waals surface area contributed by atoms with Crippen LogP contribution in [0.5, 0.6) is 0 Å². The van der Waals surface area contributed by atoms with Crippen LogP contribution in [-0.2, 0) is 11.3 Å². The molecule has 0 unspecified atom stereocenters. The molecule has 0 radical (unpaired) electrons. The molecule has 0 saturated heterocycles. The van der Waals surface area contributed by atoms with Crippen LogP contribution in [0.25, 0.3) is 0 Å². The fraction of sp³-hybridized carbons (Fsp3) is 0.111. The van der Waals surface area contributed by atoms with Gasteiger partial charge in [0.1, 0.15) is 0 Å². The van der Waals surface area contributed by atoms with Crippen LogP contribution in [0.2, 0.25) is 0 Å². The van der Waals surface area contributed by atoms with Gasteiger partial charge in [0.15, 0.2) is 0 Å². The Morgan fingerprint density at radius 2 is 1.93 bits per heavy atom. The minimum Gasteiger partial charge on any atom is -0.449 e. The molecule has 80 valence electrons. The number of hydrogen-bond donors (Lipinski definition) is 3. The van der Waals surface area contributed by atoms with Gasteiger partial charge in [0, 0.05) is 12.2 Å². The zero-order valence-corrected chi connectivity index (χ0v) is 7.77. The van der Waals surface area contributed by atoms with Crippen molar-refractivity contribution in [2.75, 3.05) is 5.73 Å². The fourth-order valence-electron chi connectivity index (χ4n) is 0.925. The second kappa shape index (κ2) is 4.85. The number of benzene rings is 1. The molecule has 6 nitrogen and oxygen atoms in total. The molecule has 0 spiro atoms. The Hall–Kier alpha value is -2.24. The van der Waals surface area contributed by atoms with Crippen molar-refractivity contribution in [2.45, 2.75) is 6.54 Å². The minimum atomic E-state index is -1.63. The zero-order chi connectivity index (χ0) is 11.3. The van der Waals surface area contributed by atoms with E-state index in [4.69, 9.17) is 10.8 Å². The van der Waals surface area contributed by atoms with Crippen molar-refractivity contribution in [3.63, 3.8) is 0 Å². The van der Waals surface area contributed by atoms with E-state index in [9.17, 15) is 9.59 Å². The summed E-state index contributed by atoms with van der Waals surface area (Å²) in [4.78, 5) is 20.7. The van der Waals surface area contributed by atoms with E-state index in [1.54, 1.807) is 24.3 Å². The number of nitrogens with two attached hydrogens (primary N) is 1. The molecular weight excluding hydrogens is 200 g/mol. The van der Waals surface area contributed by atoms with Gasteiger partial charge in [0.25, 0.3) is 0 Å². The maximum atomic E-state index is 10.8. The van der Waals surface area contributed by atoms with Crippen LogP contribution in [0.15, 0.2) is 24.3 Å². The Bertz CT molecular complexity index is 361. The van der Waals surface area contributed by atoms with E-state index in [-0.39, 0.29) is 6.54 Å². The number of nitrogens with one attached hydrogen (secondary N) is 1. The molecule has 1 aromatic carbocycles. The molecule has 15 heavy (non-hydrogen) atoms. The molecule has 0 aromatic heterocycles. The lowest BCUT2D eigenvalue weighted by molar-refractivity contribution is 0.109. The minimum absolute atomic E-state index is 0.187. The van der Waals surface area contributed by atoms with Gasteiger partial charge in [-0.15, -0.1) is 0 Å². The molecule has 0 aliphatic heterocycles. The lowest BCUT2D eigenvalue weighted by Gasteiger charge is -2.03. The number of amides is 1. The van der Waals surface area contributed by atoms with Gasteiger partial charge in [-0.25, -0.2) is 9.59 Å². The molecule has 4 N–H and O–H groups in total. The topological polar surface area (TPSA) is 102 Å². The Morgan fingerprint density at radius 3 is 2.47 bits per heavy atom. The summed E-state index contributed by atoms with van der Waals surface area (Å²) in [7, 11) is 0. The Kier molecular flexibility index (Phi) is 3.50. The smallest absolute Gasteiger partial charge is 0.449 e. The van der Waals surface area contributed by atoms with E-state index in [2.05, 4.69) is 10.1 Å². The number of anilines is 1. The van der Waals surface area contributed by atoms with Crippen LogP contribution in [0.3, 0.4) is 0 Å². The zero-order valence-electron chi connectivity index (χ0n) is 7.77. The van der Waals surface area contributed by atoms with Gasteiger partial charge in [0.05, 0.1) is 0 Å². The number of ether oxygens (including phenoxy) is 1. The van der Waals surface area contributed by atoms with Crippen LogP contribution in [0.1, 0.15) is 5.56 Å². The number of rotatable bonds is 2. The maximum absolute atomic E-state index is 10.8. The van der Waals surface area contributed by atoms with Crippen LogP contribution in [0, 0.1) is 0 Å². The monoisotopic (exact) mass is 210 g/mol. The normalized spacial score (nSPS) is 9.33. The quantitative estimate of drug-likeness (QED) is 0.386. The number of alkyl carbamates (subject to hydrolysis) is 1. The third-order valence-corrected chi connectivity index (χ3v) is 1.60. The summed E-state index contributed by atoms with van der Waals surface area (Å²) in [6.07, 6.45) is -2.64. The van der Waals surface area contributed by atoms with Crippen molar-refractivity contribution < 1.29 is 19.4 Å². The third kappa shape index (κ3) is 3.99. The van der Waals surface area contributed by atoms with Crippen LogP contribution in [-0.4, -0.2) is 17.4 Å². The molecule has 0 atom stereocenters. The highest BCUT2D eigenvalue weighted by atomic mass is 16.7. The van der Waals surface area contributed by atoms with Crippen molar-refractivity contribution in [1.82, 2.24) is 5.32 Å². The molecule has 1 aromatic rings. The summed E-state index contributed by atoms with van der Waals surface area (Å²) in [5.74, 6) is 0. The van der Waals surface area contributed by atoms with Crippen molar-refractivity contribution in [1.29, 1.82) is 0 Å². The van der Waals surface area contributed by atoms with Gasteiger partial charge in [-0.3, -0.25) is 0 Å². The van der Waals surface area contributed by atoms with E-state index in [0.29, 0.717) is 5.69 Å². The Morgan fingerprint density at radius 1 is 1.33 bits per heavy atom. The van der Waals surface area contributed by atoms with Gasteiger partial charge in [-0.05, 0) is 17.7 Å². The van der Waals surface area contributed by atoms with E-state index in [0.717, 1.165) is 5.56 Å². The number of carbonyl (C=O) groups excluding carboxylic acids is 1. The van der Waals surface area contributed by atoms with E-state index in [1.807, 2.05) is 0 Å². The molecule has 6 heteroatoms. The molecule has 0 aliphatic carbocycles. The van der Waals surface area contributed by atoms with Crippen molar-refractivity contribution >= 4 is 17.9 Å². The molecular formula is C9H10N2O4. The van der Waals surface area contributed by atoms with Crippen molar-refractivity contribution in [3.05, 3.63) is 29.8 Å². The standard InChI is InChI=1S/C9H10N2O4/c10-7-3-1-6(2-4-7)5-11-8(12)15-9(13)14/h1-4H,5,10H2,(H,11,12)(H,13,14). The molecule has 1 rings (SSSR count). The second-order valence-corrected chi connectivity index (χ2v) is 2.75. The molecule has 0 saturated carbocycles. The van der Waals surface area contributed by atoms with Gasteiger partial charge in [-0.2, -0.15) is 0 Å². The van der Waals surface area contributed by atoms with Crippen molar-refractivity contribution in [3.8, 4) is 0 Å². The third-order valence-electron chi connectivity index (χ3n) is 1.60. The summed E-state index contributed by atoms with van der Waals surface area (Å²) < 4.78 is 3.84. The first kappa shape index (κ1) is 10.8. The first-order chi connectivity index (χ1) is 7.08. The summed E-state index contributed by atoms with van der Waals surface area (Å²) in [6.45, 7) is 0.187. The van der Waals surface area contributed by atoms with Gasteiger partial charge in [-0.1, -0.05) is 12.1 Å². The largest absolute Gasteiger partial charge is 0.514 e. The van der Waals surface area contributed by atoms with Gasteiger partial charge >= 0.3 is 12.2 Å². The highest BCUT2D eigenvalue weighted by Crippen LogP contribution is 2.04. The Labute approximate surface area is 85.6 Å². The van der Waals surface area contributed by atoms with Crippen LogP contribution in [0.4, 0.5) is 15.3 Å². The molecule has 0 aliphatic rings. The average Bonchev–Trinajstić information content (AvgIpc) is 2.16. The number of hydrogen-bond acceptors (Lipinski definition) is 4. The first-order valence-electron chi connectivity index (χ1n) is 4.11. The SMILES string of the molecule is Nc1ccc(CNC(=O)OC(=O)O)cc1. The van der Waals surface area contributed by atoms with Crippen LogP contribution < -0.4 is 11.1 Å². The molecule has 1 amide bonds. The lowest BCUT2D eigenvalue weighted by Crippen LogP contribution is -2.25. The van der Waals surface area contributed by atoms with Crippen molar-refractivity contribution in [2.24, 2.45) is 0 Å². The molecule has 0 bridgehead atoms. The highest BCUT2D eigenvalue weighted by Gasteiger charge is 2.06. The summed E-state index contributed by atoms with van der Waals surface area (Å²) >= 11 is 0. The fourth-order valence-corrected chi connectivity index (χ4v) is 0.925. The lowest BCUT2D eigenvalue weighted by atomic mass is 10.2. The molecule has 0 fully saturated rings. The van der Waals surface area contributed by atoms with Gasteiger partial charge < -0.3 is 20.9 Å². The summed E-state index contributed by atoms with van der Waals surface area (Å²) in [6, 6.07) is 6.80. The van der Waals surface area contributed by atoms with E-state index in [1.165, 1.54) is 0 Å². The molecule has 0 heterocycles. The average molecular weight is 210 g/mol. The van der Waals surface area contributed by atoms with E-state index >= 15 is 0 Å². The maximum Gasteiger partial charge on any atom is 0.514 e. The Balaban J connectivity index is 2.40. The predicted octanol–water partition coefficient (Wildman–Crippen LogP) is 1.17. The number of nitrogen functional groups attached to an aromatic ring is 1. The second-order valence-electron chi connectivity index (χ2n) is 2.75. The first-order valence-corrected chi connectivity index (χ1v) is 4.11. The number of carbonyl (C=O) groups is 2. The summed E-state index contributed by atoms with van der Waals surface area (Å²) in [5, 5.41) is 10.4. The predicted molar refractivity (Wildman–Crippen MR) is 52.2 cm³/mol. The summed E-state index contributed by atoms with van der Waals surface area (Å²) in [5.41, 5.74) is 6.87. The highest BCUT2D eigenvalue weighted by molar-refractivity contribution is 5.79. The number of carboxylic acid groups (broad SMARTS) is 1.